The number of nitrogens with zero attached hydrogens (tertiary/aromatic N) is 1. The maximum absolute atomic E-state index is 12.7. The summed E-state index contributed by atoms with van der Waals surface area (Å²) >= 11 is 0. The Kier molecular flexibility index (Phi) is 4.72. The summed E-state index contributed by atoms with van der Waals surface area (Å²) in [7, 11) is 1.33. The second-order valence-corrected chi connectivity index (χ2v) is 4.67. The lowest BCUT2D eigenvalue weighted by molar-refractivity contribution is -0.145. The Hall–Kier alpha value is -1.90. The number of aliphatic hydroxyl groups is 1. The molecule has 1 aromatic carbocycles. The summed E-state index contributed by atoms with van der Waals surface area (Å²) in [6.45, 7) is 0.756. The number of likely N-dealkylation sites (tertiary alicyclic amines) is 1. The van der Waals surface area contributed by atoms with Crippen LogP contribution in [0.2, 0.25) is 0 Å². The average molecular weight is 277 g/mol. The first-order valence-corrected chi connectivity index (χ1v) is 6.34. The van der Waals surface area contributed by atoms with Gasteiger partial charge < -0.3 is 9.84 Å². The maximum atomic E-state index is 12.7. The summed E-state index contributed by atoms with van der Waals surface area (Å²) in [4.78, 5) is 13.4. The molecule has 2 atom stereocenters. The molecule has 1 N–H and O–H groups in total. The van der Waals surface area contributed by atoms with Crippen LogP contribution in [0.3, 0.4) is 0 Å². The summed E-state index contributed by atoms with van der Waals surface area (Å²) in [5.74, 6) is 5.17. The van der Waals surface area contributed by atoms with Gasteiger partial charge >= 0.3 is 5.97 Å². The van der Waals surface area contributed by atoms with Crippen molar-refractivity contribution in [3.63, 3.8) is 0 Å². The van der Waals surface area contributed by atoms with Crippen LogP contribution in [-0.2, 0) is 9.53 Å². The first-order chi connectivity index (χ1) is 9.60. The maximum Gasteiger partial charge on any atom is 0.323 e. The number of hydrogen-bond donors (Lipinski definition) is 1. The molecule has 0 bridgehead atoms. The van der Waals surface area contributed by atoms with Crippen LogP contribution in [0.25, 0.3) is 0 Å². The molecule has 0 aliphatic carbocycles. The lowest BCUT2D eigenvalue weighted by atomic mass is 10.2. The fourth-order valence-corrected chi connectivity index (χ4v) is 2.21. The number of halogens is 1. The molecule has 0 radical (unpaired) electrons. The third-order valence-corrected chi connectivity index (χ3v) is 3.21. The molecule has 0 aromatic heterocycles. The number of methoxy groups -OCH3 is 1. The fourth-order valence-electron chi connectivity index (χ4n) is 2.21. The highest BCUT2D eigenvalue weighted by molar-refractivity contribution is 5.76. The fraction of sp³-hybridized carbons (Fsp3) is 0.400. The number of carbonyl (C=O) groups excluding carboxylic acids is 1. The van der Waals surface area contributed by atoms with Gasteiger partial charge in [-0.2, -0.15) is 0 Å². The van der Waals surface area contributed by atoms with E-state index in [0.717, 1.165) is 0 Å². The van der Waals surface area contributed by atoms with Gasteiger partial charge in [0.15, 0.2) is 0 Å². The molecule has 5 heteroatoms. The summed E-state index contributed by atoms with van der Waals surface area (Å²) < 4.78 is 17.4. The van der Waals surface area contributed by atoms with Crippen LogP contribution in [0.1, 0.15) is 12.0 Å². The van der Waals surface area contributed by atoms with E-state index in [2.05, 4.69) is 11.8 Å². The number of carbonyl (C=O) groups is 1. The van der Waals surface area contributed by atoms with E-state index >= 15 is 0 Å². The first-order valence-electron chi connectivity index (χ1n) is 6.34. The molecule has 0 amide bonds. The number of hydrogen-bond acceptors (Lipinski definition) is 4. The van der Waals surface area contributed by atoms with Gasteiger partial charge in [-0.3, -0.25) is 9.69 Å². The summed E-state index contributed by atoms with van der Waals surface area (Å²) in [6.07, 6.45) is -0.169. The van der Waals surface area contributed by atoms with Crippen molar-refractivity contribution in [2.45, 2.75) is 18.6 Å². The molecule has 1 fully saturated rings. The van der Waals surface area contributed by atoms with Gasteiger partial charge in [-0.05, 0) is 24.3 Å². The van der Waals surface area contributed by atoms with Crippen molar-refractivity contribution in [1.29, 1.82) is 0 Å². The SMILES string of the molecule is COC(=O)C1CC(O)CN1CC#Cc1ccc(F)cc1. The number of benzene rings is 1. The quantitative estimate of drug-likeness (QED) is 0.641. The smallest absolute Gasteiger partial charge is 0.323 e. The number of esters is 1. The molecule has 1 heterocycles. The van der Waals surface area contributed by atoms with E-state index in [1.807, 2.05) is 0 Å². The third kappa shape index (κ3) is 3.56. The Morgan fingerprint density at radius 1 is 1.50 bits per heavy atom. The minimum atomic E-state index is -0.535. The zero-order chi connectivity index (χ0) is 14.5. The summed E-state index contributed by atoms with van der Waals surface area (Å²) in [6, 6.07) is 5.44. The van der Waals surface area contributed by atoms with Gasteiger partial charge in [0.2, 0.25) is 0 Å². The van der Waals surface area contributed by atoms with Crippen molar-refractivity contribution in [3.05, 3.63) is 35.6 Å². The largest absolute Gasteiger partial charge is 0.468 e. The van der Waals surface area contributed by atoms with Gasteiger partial charge in [0.1, 0.15) is 11.9 Å². The van der Waals surface area contributed by atoms with Gasteiger partial charge in [-0.15, -0.1) is 0 Å². The predicted molar refractivity (Wildman–Crippen MR) is 71.3 cm³/mol. The minimum Gasteiger partial charge on any atom is -0.468 e. The molecule has 1 aliphatic heterocycles. The second kappa shape index (κ2) is 6.51. The highest BCUT2D eigenvalue weighted by atomic mass is 19.1. The molecule has 2 rings (SSSR count). The van der Waals surface area contributed by atoms with E-state index in [0.29, 0.717) is 25.1 Å². The van der Waals surface area contributed by atoms with Crippen molar-refractivity contribution in [1.82, 2.24) is 4.90 Å². The van der Waals surface area contributed by atoms with E-state index in [1.54, 1.807) is 17.0 Å². The van der Waals surface area contributed by atoms with Crippen LogP contribution in [0.15, 0.2) is 24.3 Å². The van der Waals surface area contributed by atoms with Crippen LogP contribution in [-0.4, -0.2) is 48.3 Å². The molecular formula is C15H16FNO3. The minimum absolute atomic E-state index is 0.302. The molecular weight excluding hydrogens is 261 g/mol. The lowest BCUT2D eigenvalue weighted by Gasteiger charge is -2.18. The van der Waals surface area contributed by atoms with Gasteiger partial charge in [0, 0.05) is 18.5 Å². The van der Waals surface area contributed by atoms with Crippen molar-refractivity contribution >= 4 is 5.97 Å². The van der Waals surface area contributed by atoms with Crippen LogP contribution in [0, 0.1) is 17.7 Å². The molecule has 4 nitrogen and oxygen atoms in total. The Bertz CT molecular complexity index is 532. The van der Waals surface area contributed by atoms with E-state index < -0.39 is 12.1 Å². The zero-order valence-corrected chi connectivity index (χ0v) is 11.2. The Morgan fingerprint density at radius 2 is 2.20 bits per heavy atom. The van der Waals surface area contributed by atoms with Crippen molar-refractivity contribution in [2.75, 3.05) is 20.2 Å². The topological polar surface area (TPSA) is 49.8 Å². The van der Waals surface area contributed by atoms with Gasteiger partial charge in [0.25, 0.3) is 0 Å². The van der Waals surface area contributed by atoms with Gasteiger partial charge in [-0.1, -0.05) is 11.8 Å². The Morgan fingerprint density at radius 3 is 2.85 bits per heavy atom. The van der Waals surface area contributed by atoms with E-state index in [-0.39, 0.29) is 11.8 Å². The molecule has 0 saturated carbocycles. The number of aliphatic hydroxyl groups excluding tert-OH is 1. The van der Waals surface area contributed by atoms with Crippen LogP contribution in [0.5, 0.6) is 0 Å². The van der Waals surface area contributed by atoms with Crippen molar-refractivity contribution < 1.29 is 19.0 Å². The van der Waals surface area contributed by atoms with Gasteiger partial charge in [-0.25, -0.2) is 4.39 Å². The zero-order valence-electron chi connectivity index (χ0n) is 11.2. The summed E-state index contributed by atoms with van der Waals surface area (Å²) in [5.41, 5.74) is 0.709. The molecule has 1 aromatic rings. The first kappa shape index (κ1) is 14.5. The van der Waals surface area contributed by atoms with E-state index in [4.69, 9.17) is 4.74 Å². The summed E-state index contributed by atoms with van der Waals surface area (Å²) in [5, 5.41) is 9.62. The number of ether oxygens (including phenoxy) is 1. The normalized spacial score (nSPS) is 22.1. The number of rotatable bonds is 2. The molecule has 20 heavy (non-hydrogen) atoms. The van der Waals surface area contributed by atoms with Crippen molar-refractivity contribution in [3.8, 4) is 11.8 Å². The molecule has 0 spiro atoms. The van der Waals surface area contributed by atoms with Crippen molar-refractivity contribution in [2.24, 2.45) is 0 Å². The second-order valence-electron chi connectivity index (χ2n) is 4.67. The monoisotopic (exact) mass is 277 g/mol. The standard InChI is InChI=1S/C15H16FNO3/c1-20-15(19)14-9-13(18)10-17(14)8-2-3-11-4-6-12(16)7-5-11/h4-7,13-14,18H,8-10H2,1H3. The van der Waals surface area contributed by atoms with Crippen LogP contribution < -0.4 is 0 Å². The third-order valence-electron chi connectivity index (χ3n) is 3.21. The van der Waals surface area contributed by atoms with Gasteiger partial charge in [0.05, 0.1) is 19.8 Å². The van der Waals surface area contributed by atoms with Crippen LogP contribution >= 0.6 is 0 Å². The predicted octanol–water partition coefficient (Wildman–Crippen LogP) is 0.785. The molecule has 2 unspecified atom stereocenters. The lowest BCUT2D eigenvalue weighted by Crippen LogP contribution is -2.37. The molecule has 106 valence electrons. The average Bonchev–Trinajstić information content (AvgIpc) is 2.81. The molecule has 1 saturated heterocycles. The number of β-amino-alcohol motifs (C(OH)–C–C–N with tert-alkyl or cyclic N) is 1. The Balaban J connectivity index is 1.99. The molecule has 1 aliphatic rings. The van der Waals surface area contributed by atoms with E-state index in [9.17, 15) is 14.3 Å². The highest BCUT2D eigenvalue weighted by Crippen LogP contribution is 2.18. The van der Waals surface area contributed by atoms with Crippen LogP contribution in [0.4, 0.5) is 4.39 Å². The highest BCUT2D eigenvalue weighted by Gasteiger charge is 2.36. The Labute approximate surface area is 117 Å². The van der Waals surface area contributed by atoms with E-state index in [1.165, 1.54) is 19.2 Å².